The average molecular weight is 336 g/mol. The Morgan fingerprint density at radius 1 is 1.33 bits per heavy atom. The molecule has 0 saturated carbocycles. The molecule has 0 aromatic carbocycles. The van der Waals surface area contributed by atoms with E-state index in [4.69, 9.17) is 4.74 Å². The minimum absolute atomic E-state index is 0.0166. The maximum Gasteiger partial charge on any atom is 0.410 e. The van der Waals surface area contributed by atoms with E-state index in [0.717, 1.165) is 24.1 Å². The van der Waals surface area contributed by atoms with Crippen LogP contribution in [-0.4, -0.2) is 38.8 Å². The lowest BCUT2D eigenvalue weighted by molar-refractivity contribution is -0.116. The summed E-state index contributed by atoms with van der Waals surface area (Å²) in [7, 11) is 1.81. The highest BCUT2D eigenvalue weighted by atomic mass is 16.6. The van der Waals surface area contributed by atoms with Crippen LogP contribution in [0.3, 0.4) is 0 Å². The highest BCUT2D eigenvalue weighted by Gasteiger charge is 2.30. The Labute approximate surface area is 143 Å². The van der Waals surface area contributed by atoms with Crippen molar-refractivity contribution in [3.63, 3.8) is 0 Å². The first-order chi connectivity index (χ1) is 11.2. The molecule has 7 heteroatoms. The van der Waals surface area contributed by atoms with Gasteiger partial charge in [0.1, 0.15) is 11.4 Å². The number of unbranched alkanes of at least 4 members (excludes halogenated alkanes) is 1. The summed E-state index contributed by atoms with van der Waals surface area (Å²) in [4.78, 5) is 26.0. The van der Waals surface area contributed by atoms with Gasteiger partial charge in [-0.2, -0.15) is 5.10 Å². The molecule has 0 fully saturated rings. The molecule has 1 N–H and O–H groups in total. The Kier molecular flexibility index (Phi) is 5.51. The van der Waals surface area contributed by atoms with Gasteiger partial charge >= 0.3 is 6.09 Å². The van der Waals surface area contributed by atoms with Crippen molar-refractivity contribution in [2.75, 3.05) is 11.9 Å². The van der Waals surface area contributed by atoms with Crippen LogP contribution in [0.2, 0.25) is 0 Å². The molecular formula is C17H28N4O3. The maximum absolute atomic E-state index is 12.3. The normalized spacial score (nSPS) is 14.3. The number of nitrogens with one attached hydrogen (secondary N) is 1. The van der Waals surface area contributed by atoms with Crippen molar-refractivity contribution in [2.45, 2.75) is 65.5 Å². The Morgan fingerprint density at radius 2 is 2.04 bits per heavy atom. The zero-order valence-corrected chi connectivity index (χ0v) is 15.3. The Balaban J connectivity index is 2.12. The van der Waals surface area contributed by atoms with Gasteiger partial charge in [0.25, 0.3) is 0 Å². The van der Waals surface area contributed by atoms with Gasteiger partial charge in [-0.15, -0.1) is 0 Å². The topological polar surface area (TPSA) is 76.5 Å². The summed E-state index contributed by atoms with van der Waals surface area (Å²) in [6.45, 7) is 8.58. The SMILES string of the molecule is CCCCC(=O)Nc1c2c(nn1C)CCN(C(=O)OC(C)(C)C)C2. The van der Waals surface area contributed by atoms with Crippen LogP contribution in [0, 0.1) is 0 Å². The molecule has 1 aromatic rings. The lowest BCUT2D eigenvalue weighted by atomic mass is 10.1. The monoisotopic (exact) mass is 336 g/mol. The highest BCUT2D eigenvalue weighted by molar-refractivity contribution is 5.90. The molecule has 1 aliphatic heterocycles. The predicted octanol–water partition coefficient (Wildman–Crippen LogP) is 2.84. The number of hydrogen-bond donors (Lipinski definition) is 1. The minimum Gasteiger partial charge on any atom is -0.444 e. The number of nitrogens with zero attached hydrogens (tertiary/aromatic N) is 3. The highest BCUT2D eigenvalue weighted by Crippen LogP contribution is 2.27. The van der Waals surface area contributed by atoms with Gasteiger partial charge in [-0.25, -0.2) is 4.79 Å². The van der Waals surface area contributed by atoms with Gasteiger partial charge in [0.15, 0.2) is 0 Å². The summed E-state index contributed by atoms with van der Waals surface area (Å²) in [5, 5.41) is 7.42. The van der Waals surface area contributed by atoms with E-state index in [-0.39, 0.29) is 12.0 Å². The molecule has 134 valence electrons. The largest absolute Gasteiger partial charge is 0.444 e. The van der Waals surface area contributed by atoms with Crippen molar-refractivity contribution < 1.29 is 14.3 Å². The van der Waals surface area contributed by atoms with E-state index in [0.29, 0.717) is 31.7 Å². The number of anilines is 1. The molecule has 0 bridgehead atoms. The van der Waals surface area contributed by atoms with Crippen LogP contribution < -0.4 is 5.32 Å². The standard InChI is InChI=1S/C17H28N4O3/c1-6-7-8-14(22)18-15-12-11-21(16(23)24-17(2,3)4)10-9-13(12)19-20(15)5/h6-11H2,1-5H3,(H,18,22). The first kappa shape index (κ1) is 18.3. The summed E-state index contributed by atoms with van der Waals surface area (Å²) < 4.78 is 7.13. The molecule has 2 amide bonds. The number of fused-ring (bicyclic) bond motifs is 1. The van der Waals surface area contributed by atoms with Gasteiger partial charge in [-0.3, -0.25) is 9.48 Å². The van der Waals surface area contributed by atoms with Crippen LogP contribution in [0.1, 0.15) is 58.2 Å². The number of aromatic nitrogens is 2. The Bertz CT molecular complexity index is 616. The molecule has 0 unspecified atom stereocenters. The van der Waals surface area contributed by atoms with Crippen molar-refractivity contribution in [1.82, 2.24) is 14.7 Å². The lowest BCUT2D eigenvalue weighted by Gasteiger charge is -2.29. The van der Waals surface area contributed by atoms with Crippen LogP contribution in [0.4, 0.5) is 10.6 Å². The van der Waals surface area contributed by atoms with Crippen LogP contribution in [0.25, 0.3) is 0 Å². The smallest absolute Gasteiger partial charge is 0.410 e. The Morgan fingerprint density at radius 3 is 2.67 bits per heavy atom. The first-order valence-corrected chi connectivity index (χ1v) is 8.53. The molecule has 24 heavy (non-hydrogen) atoms. The van der Waals surface area contributed by atoms with Crippen molar-refractivity contribution in [3.05, 3.63) is 11.3 Å². The lowest BCUT2D eigenvalue weighted by Crippen LogP contribution is -2.40. The third kappa shape index (κ3) is 4.49. The van der Waals surface area contributed by atoms with Crippen molar-refractivity contribution in [1.29, 1.82) is 0 Å². The fourth-order valence-electron chi connectivity index (χ4n) is 2.67. The number of hydrogen-bond acceptors (Lipinski definition) is 4. The van der Waals surface area contributed by atoms with Gasteiger partial charge < -0.3 is 15.0 Å². The van der Waals surface area contributed by atoms with Crippen LogP contribution >= 0.6 is 0 Å². The fraction of sp³-hybridized carbons (Fsp3) is 0.706. The molecule has 0 atom stereocenters. The first-order valence-electron chi connectivity index (χ1n) is 8.53. The number of rotatable bonds is 4. The summed E-state index contributed by atoms with van der Waals surface area (Å²) in [5.74, 6) is 0.663. The van der Waals surface area contributed by atoms with E-state index in [2.05, 4.69) is 17.3 Å². The number of carbonyl (C=O) groups excluding carboxylic acids is 2. The summed E-state index contributed by atoms with van der Waals surface area (Å²) in [6.07, 6.45) is 2.65. The minimum atomic E-state index is -0.524. The van der Waals surface area contributed by atoms with E-state index in [9.17, 15) is 9.59 Å². The van der Waals surface area contributed by atoms with Gasteiger partial charge in [0, 0.05) is 32.0 Å². The van der Waals surface area contributed by atoms with Crippen LogP contribution in [0.5, 0.6) is 0 Å². The quantitative estimate of drug-likeness (QED) is 0.917. The summed E-state index contributed by atoms with van der Waals surface area (Å²) in [6, 6.07) is 0. The fourth-order valence-corrected chi connectivity index (χ4v) is 2.67. The molecule has 7 nitrogen and oxygen atoms in total. The second-order valence-corrected chi connectivity index (χ2v) is 7.20. The third-order valence-electron chi connectivity index (χ3n) is 3.86. The van der Waals surface area contributed by atoms with Crippen molar-refractivity contribution in [2.24, 2.45) is 7.05 Å². The van der Waals surface area contributed by atoms with Crippen LogP contribution in [0.15, 0.2) is 0 Å². The maximum atomic E-state index is 12.3. The van der Waals surface area contributed by atoms with E-state index < -0.39 is 5.60 Å². The molecular weight excluding hydrogens is 308 g/mol. The van der Waals surface area contributed by atoms with Gasteiger partial charge in [0.2, 0.25) is 5.91 Å². The predicted molar refractivity (Wildman–Crippen MR) is 91.7 cm³/mol. The van der Waals surface area contributed by atoms with Crippen LogP contribution in [-0.2, 0) is 29.5 Å². The number of ether oxygens (including phenoxy) is 1. The van der Waals surface area contributed by atoms with Gasteiger partial charge in [0.05, 0.1) is 12.2 Å². The van der Waals surface area contributed by atoms with E-state index in [1.54, 1.807) is 9.58 Å². The molecule has 2 heterocycles. The molecule has 0 spiro atoms. The van der Waals surface area contributed by atoms with Crippen molar-refractivity contribution in [3.8, 4) is 0 Å². The molecule has 0 saturated heterocycles. The zero-order valence-electron chi connectivity index (χ0n) is 15.3. The summed E-state index contributed by atoms with van der Waals surface area (Å²) in [5.41, 5.74) is 1.31. The van der Waals surface area contributed by atoms with E-state index in [1.165, 1.54) is 0 Å². The Hall–Kier alpha value is -2.05. The molecule has 0 radical (unpaired) electrons. The number of carbonyl (C=O) groups is 2. The molecule has 1 aromatic heterocycles. The number of amides is 2. The second-order valence-electron chi connectivity index (χ2n) is 7.20. The third-order valence-corrected chi connectivity index (χ3v) is 3.86. The summed E-state index contributed by atoms with van der Waals surface area (Å²) >= 11 is 0. The average Bonchev–Trinajstić information content (AvgIpc) is 2.78. The molecule has 1 aliphatic rings. The van der Waals surface area contributed by atoms with E-state index in [1.807, 2.05) is 27.8 Å². The number of aryl methyl sites for hydroxylation is 1. The van der Waals surface area contributed by atoms with Gasteiger partial charge in [-0.05, 0) is 27.2 Å². The zero-order chi connectivity index (χ0) is 17.9. The van der Waals surface area contributed by atoms with Crippen molar-refractivity contribution >= 4 is 17.8 Å². The second kappa shape index (κ2) is 7.23. The molecule has 0 aliphatic carbocycles. The van der Waals surface area contributed by atoms with E-state index >= 15 is 0 Å². The molecule has 2 rings (SSSR count). The van der Waals surface area contributed by atoms with Gasteiger partial charge in [-0.1, -0.05) is 13.3 Å².